The first-order valence-electron chi connectivity index (χ1n) is 9.17. The number of halogens is 2. The maximum Gasteiger partial charge on any atom is 0.255 e. The van der Waals surface area contributed by atoms with Crippen molar-refractivity contribution in [2.24, 2.45) is 5.92 Å². The van der Waals surface area contributed by atoms with E-state index < -0.39 is 0 Å². The van der Waals surface area contributed by atoms with Crippen molar-refractivity contribution in [3.05, 3.63) is 28.8 Å². The number of rotatable bonds is 3. The van der Waals surface area contributed by atoms with Gasteiger partial charge in [0.1, 0.15) is 0 Å². The van der Waals surface area contributed by atoms with E-state index in [1.165, 1.54) is 6.42 Å². The minimum atomic E-state index is -0.0187. The third kappa shape index (κ3) is 5.12. The highest BCUT2D eigenvalue weighted by atomic mass is 35.5. The quantitative estimate of drug-likeness (QED) is 0.813. The summed E-state index contributed by atoms with van der Waals surface area (Å²) in [5.74, 6) is 0.0268. The van der Waals surface area contributed by atoms with Crippen molar-refractivity contribution in [1.29, 1.82) is 0 Å². The van der Waals surface area contributed by atoms with Gasteiger partial charge in [0.15, 0.2) is 0 Å². The number of likely N-dealkylation sites (tertiary alicyclic amines) is 1. The maximum atomic E-state index is 12.6. The van der Waals surface area contributed by atoms with E-state index in [4.69, 9.17) is 11.6 Å². The Morgan fingerprint density at radius 2 is 1.96 bits per heavy atom. The number of benzene rings is 1. The summed E-state index contributed by atoms with van der Waals surface area (Å²) in [5, 5.41) is 6.69. The lowest BCUT2D eigenvalue weighted by atomic mass is 9.92. The van der Waals surface area contributed by atoms with Crippen LogP contribution in [0.2, 0.25) is 5.02 Å². The van der Waals surface area contributed by atoms with Gasteiger partial charge in [0.05, 0.1) is 10.6 Å². The van der Waals surface area contributed by atoms with Crippen LogP contribution in [-0.4, -0.2) is 42.4 Å². The SMILES string of the molecule is C[C@H]1C[C@@H](C(=O)Nc2ccc(C(=O)N3CCCCC3)c(Cl)c2)CCN1.Cl. The van der Waals surface area contributed by atoms with Crippen molar-refractivity contribution in [1.82, 2.24) is 10.2 Å². The van der Waals surface area contributed by atoms with Crippen molar-refractivity contribution in [3.63, 3.8) is 0 Å². The zero-order chi connectivity index (χ0) is 17.8. The highest BCUT2D eigenvalue weighted by Gasteiger charge is 2.25. The van der Waals surface area contributed by atoms with Crippen LogP contribution < -0.4 is 10.6 Å². The van der Waals surface area contributed by atoms with Gasteiger partial charge in [0.2, 0.25) is 5.91 Å². The summed E-state index contributed by atoms with van der Waals surface area (Å²) >= 11 is 6.33. The van der Waals surface area contributed by atoms with Crippen LogP contribution in [0.15, 0.2) is 18.2 Å². The lowest BCUT2D eigenvalue weighted by Crippen LogP contribution is -2.40. The summed E-state index contributed by atoms with van der Waals surface area (Å²) in [5.41, 5.74) is 1.16. The van der Waals surface area contributed by atoms with E-state index in [0.717, 1.165) is 45.3 Å². The summed E-state index contributed by atoms with van der Waals surface area (Å²) in [6.45, 7) is 4.55. The zero-order valence-corrected chi connectivity index (χ0v) is 16.7. The molecule has 0 bridgehead atoms. The number of nitrogens with zero attached hydrogens (tertiary/aromatic N) is 1. The van der Waals surface area contributed by atoms with Gasteiger partial charge in [-0.1, -0.05) is 11.6 Å². The highest BCUT2D eigenvalue weighted by Crippen LogP contribution is 2.25. The number of anilines is 1. The molecule has 2 heterocycles. The highest BCUT2D eigenvalue weighted by molar-refractivity contribution is 6.34. The number of nitrogens with one attached hydrogen (secondary N) is 2. The molecule has 1 aromatic rings. The summed E-state index contributed by atoms with van der Waals surface area (Å²) in [4.78, 5) is 26.9. The molecule has 7 heteroatoms. The standard InChI is InChI=1S/C19H26ClN3O2.ClH/c1-13-11-14(7-8-21-13)18(24)22-15-5-6-16(17(20)12-15)19(25)23-9-3-2-4-10-23;/h5-6,12-14,21H,2-4,7-11H2,1H3,(H,22,24);1H/t13-,14-;/m0./s1. The number of hydrogen-bond donors (Lipinski definition) is 2. The fourth-order valence-electron chi connectivity index (χ4n) is 3.65. The van der Waals surface area contributed by atoms with Crippen LogP contribution in [0.3, 0.4) is 0 Å². The molecule has 0 aliphatic carbocycles. The van der Waals surface area contributed by atoms with E-state index >= 15 is 0 Å². The lowest BCUT2D eigenvalue weighted by Gasteiger charge is -2.27. The Bertz CT molecular complexity index is 648. The third-order valence-corrected chi connectivity index (χ3v) is 5.42. The molecular formula is C19H27Cl2N3O2. The Balaban J connectivity index is 0.00000243. The molecule has 2 saturated heterocycles. The number of hydrogen-bond acceptors (Lipinski definition) is 3. The second kappa shape index (κ2) is 9.58. The molecule has 0 spiro atoms. The van der Waals surface area contributed by atoms with Crippen LogP contribution in [0.25, 0.3) is 0 Å². The summed E-state index contributed by atoms with van der Waals surface area (Å²) in [7, 11) is 0. The molecule has 3 rings (SSSR count). The molecule has 2 atom stereocenters. The van der Waals surface area contributed by atoms with Crippen LogP contribution in [0.4, 0.5) is 5.69 Å². The van der Waals surface area contributed by atoms with Gasteiger partial charge in [-0.2, -0.15) is 0 Å². The van der Waals surface area contributed by atoms with Crippen molar-refractivity contribution in [2.45, 2.75) is 45.1 Å². The smallest absolute Gasteiger partial charge is 0.255 e. The van der Waals surface area contributed by atoms with Crippen LogP contribution in [0.1, 0.15) is 49.4 Å². The predicted molar refractivity (Wildman–Crippen MR) is 107 cm³/mol. The first-order chi connectivity index (χ1) is 12.0. The molecule has 1 aromatic carbocycles. The van der Waals surface area contributed by atoms with Crippen LogP contribution in [0, 0.1) is 5.92 Å². The van der Waals surface area contributed by atoms with Crippen molar-refractivity contribution >= 4 is 41.5 Å². The molecule has 26 heavy (non-hydrogen) atoms. The fourth-order valence-corrected chi connectivity index (χ4v) is 3.91. The van der Waals surface area contributed by atoms with Gasteiger partial charge in [0.25, 0.3) is 5.91 Å². The van der Waals surface area contributed by atoms with Gasteiger partial charge in [-0.25, -0.2) is 0 Å². The molecule has 2 amide bonds. The average Bonchev–Trinajstić information content (AvgIpc) is 2.62. The normalized spacial score (nSPS) is 23.1. The van der Waals surface area contributed by atoms with Crippen molar-refractivity contribution in [2.75, 3.05) is 25.0 Å². The predicted octanol–water partition coefficient (Wildman–Crippen LogP) is 3.71. The second-order valence-corrected chi connectivity index (χ2v) is 7.52. The monoisotopic (exact) mass is 399 g/mol. The number of piperidine rings is 2. The number of carbonyl (C=O) groups excluding carboxylic acids is 2. The molecule has 2 fully saturated rings. The lowest BCUT2D eigenvalue weighted by molar-refractivity contribution is -0.120. The molecular weight excluding hydrogens is 373 g/mol. The molecule has 0 unspecified atom stereocenters. The van der Waals surface area contributed by atoms with Gasteiger partial charge in [0, 0.05) is 30.7 Å². The van der Waals surface area contributed by atoms with Gasteiger partial charge in [-0.05, 0) is 63.8 Å². The Kier molecular flexibility index (Phi) is 7.74. The first-order valence-corrected chi connectivity index (χ1v) is 9.55. The van der Waals surface area contributed by atoms with Crippen molar-refractivity contribution in [3.8, 4) is 0 Å². The van der Waals surface area contributed by atoms with E-state index in [2.05, 4.69) is 17.6 Å². The molecule has 0 aromatic heterocycles. The van der Waals surface area contributed by atoms with Gasteiger partial charge >= 0.3 is 0 Å². The largest absolute Gasteiger partial charge is 0.339 e. The molecule has 2 N–H and O–H groups in total. The molecule has 144 valence electrons. The van der Waals surface area contributed by atoms with Crippen LogP contribution in [0.5, 0.6) is 0 Å². The minimum absolute atomic E-state index is 0. The molecule has 0 saturated carbocycles. The van der Waals surface area contributed by atoms with E-state index in [1.54, 1.807) is 18.2 Å². The Hall–Kier alpha value is -1.30. The van der Waals surface area contributed by atoms with Gasteiger partial charge in [-0.3, -0.25) is 9.59 Å². The number of carbonyl (C=O) groups is 2. The molecule has 0 radical (unpaired) electrons. The third-order valence-electron chi connectivity index (χ3n) is 5.10. The Morgan fingerprint density at radius 3 is 2.62 bits per heavy atom. The summed E-state index contributed by atoms with van der Waals surface area (Å²) in [6, 6.07) is 5.53. The molecule has 2 aliphatic rings. The topological polar surface area (TPSA) is 61.4 Å². The van der Waals surface area contributed by atoms with E-state index in [0.29, 0.717) is 22.3 Å². The van der Waals surface area contributed by atoms with Crippen LogP contribution in [-0.2, 0) is 4.79 Å². The first kappa shape index (κ1) is 21.0. The molecule has 2 aliphatic heterocycles. The Morgan fingerprint density at radius 1 is 1.23 bits per heavy atom. The maximum absolute atomic E-state index is 12.6. The molecule has 5 nitrogen and oxygen atoms in total. The fraction of sp³-hybridized carbons (Fsp3) is 0.579. The zero-order valence-electron chi connectivity index (χ0n) is 15.1. The minimum Gasteiger partial charge on any atom is -0.339 e. The average molecular weight is 400 g/mol. The Labute approximate surface area is 166 Å². The number of amides is 2. The van der Waals surface area contributed by atoms with E-state index in [-0.39, 0.29) is 30.1 Å². The van der Waals surface area contributed by atoms with Gasteiger partial charge < -0.3 is 15.5 Å². The van der Waals surface area contributed by atoms with E-state index in [9.17, 15) is 9.59 Å². The van der Waals surface area contributed by atoms with Crippen molar-refractivity contribution < 1.29 is 9.59 Å². The summed E-state index contributed by atoms with van der Waals surface area (Å²) < 4.78 is 0. The van der Waals surface area contributed by atoms with Crippen LogP contribution >= 0.6 is 24.0 Å². The second-order valence-electron chi connectivity index (χ2n) is 7.11. The van der Waals surface area contributed by atoms with Gasteiger partial charge in [-0.15, -0.1) is 12.4 Å². The van der Waals surface area contributed by atoms with E-state index in [1.807, 2.05) is 4.90 Å². The summed E-state index contributed by atoms with van der Waals surface area (Å²) in [6.07, 6.45) is 4.96.